The molecule has 0 saturated carbocycles. The molecule has 7 heteroatoms. The van der Waals surface area contributed by atoms with Crippen molar-refractivity contribution in [2.24, 2.45) is 0 Å². The first-order valence-electron chi connectivity index (χ1n) is 14.0. The van der Waals surface area contributed by atoms with Crippen LogP contribution in [0.4, 0.5) is 0 Å². The smallest absolute Gasteiger partial charge is 0.339 e. The molecule has 5 aromatic carbocycles. The molecule has 0 fully saturated rings. The van der Waals surface area contributed by atoms with Crippen molar-refractivity contribution in [1.29, 1.82) is 0 Å². The van der Waals surface area contributed by atoms with E-state index in [4.69, 9.17) is 0 Å². The highest BCUT2D eigenvalue weighted by molar-refractivity contribution is 7.89. The number of nitrogens with one attached hydrogen (secondary N) is 1. The van der Waals surface area contributed by atoms with Crippen molar-refractivity contribution in [3.05, 3.63) is 131 Å². The lowest BCUT2D eigenvalue weighted by molar-refractivity contribution is 0.0693. The van der Waals surface area contributed by atoms with E-state index in [0.29, 0.717) is 30.5 Å². The van der Waals surface area contributed by atoms with Crippen LogP contribution in [0.2, 0.25) is 0 Å². The van der Waals surface area contributed by atoms with E-state index in [1.165, 1.54) is 11.6 Å². The number of carbonyl (C=O) groups is 1. The third-order valence-corrected chi connectivity index (χ3v) is 8.94. The summed E-state index contributed by atoms with van der Waals surface area (Å²) in [6.07, 6.45) is 3.43. The summed E-state index contributed by atoms with van der Waals surface area (Å²) in [5.41, 5.74) is 4.10. The molecule has 5 aromatic rings. The van der Waals surface area contributed by atoms with Crippen molar-refractivity contribution < 1.29 is 23.4 Å². The highest BCUT2D eigenvalue weighted by Crippen LogP contribution is 2.35. The Hall–Kier alpha value is -4.46. The summed E-state index contributed by atoms with van der Waals surface area (Å²) in [4.78, 5) is 12.2. The number of benzene rings is 5. The zero-order chi connectivity index (χ0) is 29.5. The van der Waals surface area contributed by atoms with Crippen LogP contribution < -0.4 is 4.72 Å². The molecule has 0 aliphatic carbocycles. The van der Waals surface area contributed by atoms with Crippen LogP contribution in [0.25, 0.3) is 21.9 Å². The minimum Gasteiger partial charge on any atom is -0.507 e. The normalized spacial score (nSPS) is 11.5. The quantitative estimate of drug-likeness (QED) is 0.138. The zero-order valence-corrected chi connectivity index (χ0v) is 24.0. The van der Waals surface area contributed by atoms with E-state index in [2.05, 4.69) is 16.9 Å². The first-order valence-corrected chi connectivity index (χ1v) is 15.5. The van der Waals surface area contributed by atoms with Crippen molar-refractivity contribution in [2.45, 2.75) is 37.0 Å². The van der Waals surface area contributed by atoms with E-state index in [1.54, 1.807) is 24.3 Å². The van der Waals surface area contributed by atoms with Crippen LogP contribution in [0.1, 0.15) is 39.9 Å². The predicted octanol–water partition coefficient (Wildman–Crippen LogP) is 7.00. The maximum absolute atomic E-state index is 12.8. The molecule has 5 rings (SSSR count). The Balaban J connectivity index is 1.25. The Labute approximate surface area is 246 Å². The maximum Gasteiger partial charge on any atom is 0.339 e. The summed E-state index contributed by atoms with van der Waals surface area (Å²) >= 11 is 0. The largest absolute Gasteiger partial charge is 0.507 e. The summed E-state index contributed by atoms with van der Waals surface area (Å²) in [7, 11) is -3.62. The van der Waals surface area contributed by atoms with E-state index in [0.717, 1.165) is 41.2 Å². The maximum atomic E-state index is 12.8. The minimum absolute atomic E-state index is 0.147. The summed E-state index contributed by atoms with van der Waals surface area (Å²) < 4.78 is 28.2. The molecule has 6 nitrogen and oxygen atoms in total. The van der Waals surface area contributed by atoms with Gasteiger partial charge in [0.1, 0.15) is 11.3 Å². The number of aromatic carboxylic acids is 1. The molecule has 0 radical (unpaired) electrons. The molecular formula is C35H33NO5S. The molecule has 42 heavy (non-hydrogen) atoms. The number of aryl methyl sites for hydroxylation is 3. The standard InChI is InChI=1S/C35H33NO5S/c37-34-28(23-29(24-33(34)35(38)39)32-15-8-13-27-12-4-5-14-31(27)32)19-16-26-17-20-30(21-18-26)42(40,41)36-22-7-6-11-25-9-2-1-3-10-25/h1-5,8-10,12-15,17-18,20-21,23-24,36-37H,6-7,11,16,19,22H2,(H,38,39). The molecule has 0 amide bonds. The Morgan fingerprint density at radius 3 is 2.17 bits per heavy atom. The Morgan fingerprint density at radius 1 is 0.714 bits per heavy atom. The van der Waals surface area contributed by atoms with Crippen molar-refractivity contribution in [3.8, 4) is 16.9 Å². The summed E-state index contributed by atoms with van der Waals surface area (Å²) in [5.74, 6) is -1.44. The van der Waals surface area contributed by atoms with Crippen molar-refractivity contribution in [2.75, 3.05) is 6.54 Å². The number of sulfonamides is 1. The number of hydrogen-bond donors (Lipinski definition) is 3. The molecule has 0 bridgehead atoms. The lowest BCUT2D eigenvalue weighted by atomic mass is 9.92. The molecule has 0 aromatic heterocycles. The van der Waals surface area contributed by atoms with Gasteiger partial charge in [-0.2, -0.15) is 0 Å². The van der Waals surface area contributed by atoms with Gasteiger partial charge in [0.25, 0.3) is 0 Å². The fourth-order valence-corrected chi connectivity index (χ4v) is 6.26. The van der Waals surface area contributed by atoms with Gasteiger partial charge in [0.15, 0.2) is 0 Å². The minimum atomic E-state index is -3.62. The van der Waals surface area contributed by atoms with Crippen LogP contribution in [0.15, 0.2) is 114 Å². The van der Waals surface area contributed by atoms with Gasteiger partial charge in [-0.25, -0.2) is 17.9 Å². The third-order valence-electron chi connectivity index (χ3n) is 7.46. The number of hydrogen-bond acceptors (Lipinski definition) is 4. The van der Waals surface area contributed by atoms with E-state index in [9.17, 15) is 23.4 Å². The van der Waals surface area contributed by atoms with Crippen LogP contribution in [-0.4, -0.2) is 31.1 Å². The van der Waals surface area contributed by atoms with Gasteiger partial charge in [0, 0.05) is 6.54 Å². The van der Waals surface area contributed by atoms with Crippen LogP contribution in [-0.2, 0) is 29.3 Å². The monoisotopic (exact) mass is 579 g/mol. The SMILES string of the molecule is O=C(O)c1cc(-c2cccc3ccccc23)cc(CCc2ccc(S(=O)(=O)NCCCCc3ccccc3)cc2)c1O. The predicted molar refractivity (Wildman–Crippen MR) is 166 cm³/mol. The number of phenols is 1. The van der Waals surface area contributed by atoms with E-state index in [-0.39, 0.29) is 16.2 Å². The Bertz CT molecular complexity index is 1790. The second-order valence-corrected chi connectivity index (χ2v) is 12.1. The fraction of sp³-hybridized carbons (Fsp3) is 0.171. The summed E-state index contributed by atoms with van der Waals surface area (Å²) in [5, 5.41) is 22.6. The molecule has 0 aliphatic rings. The number of fused-ring (bicyclic) bond motifs is 1. The molecule has 0 unspecified atom stereocenters. The average Bonchev–Trinajstić information content (AvgIpc) is 3.00. The highest BCUT2D eigenvalue weighted by Gasteiger charge is 2.18. The van der Waals surface area contributed by atoms with Gasteiger partial charge in [0.05, 0.1) is 4.90 Å². The van der Waals surface area contributed by atoms with Gasteiger partial charge in [0.2, 0.25) is 10.0 Å². The number of carboxylic acids is 1. The molecule has 214 valence electrons. The van der Waals surface area contributed by atoms with Gasteiger partial charge < -0.3 is 10.2 Å². The van der Waals surface area contributed by atoms with Gasteiger partial charge in [-0.05, 0) is 95.0 Å². The van der Waals surface area contributed by atoms with Crippen LogP contribution in [0.5, 0.6) is 5.75 Å². The number of rotatable bonds is 12. The molecular weight excluding hydrogens is 546 g/mol. The summed E-state index contributed by atoms with van der Waals surface area (Å²) in [6.45, 7) is 0.370. The van der Waals surface area contributed by atoms with Gasteiger partial charge in [-0.1, -0.05) is 84.9 Å². The molecule has 0 heterocycles. The van der Waals surface area contributed by atoms with Gasteiger partial charge in [-0.3, -0.25) is 0 Å². The lowest BCUT2D eigenvalue weighted by Gasteiger charge is -2.13. The van der Waals surface area contributed by atoms with Crippen LogP contribution >= 0.6 is 0 Å². The van der Waals surface area contributed by atoms with E-state index >= 15 is 0 Å². The first-order chi connectivity index (χ1) is 20.3. The van der Waals surface area contributed by atoms with Crippen LogP contribution in [0.3, 0.4) is 0 Å². The van der Waals surface area contributed by atoms with Crippen molar-refractivity contribution in [3.63, 3.8) is 0 Å². The van der Waals surface area contributed by atoms with Crippen molar-refractivity contribution in [1.82, 2.24) is 4.72 Å². The second kappa shape index (κ2) is 13.0. The third kappa shape index (κ3) is 6.87. The van der Waals surface area contributed by atoms with Crippen LogP contribution in [0, 0.1) is 0 Å². The molecule has 0 atom stereocenters. The molecule has 3 N–H and O–H groups in total. The Kier molecular flexibility index (Phi) is 9.00. The number of unbranched alkanes of at least 4 members (excludes halogenated alkanes) is 1. The van der Waals surface area contributed by atoms with Gasteiger partial charge in [-0.15, -0.1) is 0 Å². The second-order valence-electron chi connectivity index (χ2n) is 10.3. The average molecular weight is 580 g/mol. The highest BCUT2D eigenvalue weighted by atomic mass is 32.2. The molecule has 0 saturated heterocycles. The first kappa shape index (κ1) is 29.0. The zero-order valence-electron chi connectivity index (χ0n) is 23.2. The van der Waals surface area contributed by atoms with Crippen molar-refractivity contribution >= 4 is 26.8 Å². The van der Waals surface area contributed by atoms with E-state index in [1.807, 2.05) is 66.7 Å². The Morgan fingerprint density at radius 2 is 1.40 bits per heavy atom. The molecule has 0 spiro atoms. The lowest BCUT2D eigenvalue weighted by Crippen LogP contribution is -2.24. The topological polar surface area (TPSA) is 104 Å². The molecule has 0 aliphatic heterocycles. The van der Waals surface area contributed by atoms with E-state index < -0.39 is 16.0 Å². The number of aromatic hydroxyl groups is 1. The fourth-order valence-electron chi connectivity index (χ4n) is 5.18. The summed E-state index contributed by atoms with van der Waals surface area (Å²) in [6, 6.07) is 33.9. The number of carboxylic acid groups (broad SMARTS) is 1. The van der Waals surface area contributed by atoms with Gasteiger partial charge >= 0.3 is 5.97 Å².